The zero-order valence-electron chi connectivity index (χ0n) is 8.89. The van der Waals surface area contributed by atoms with Crippen LogP contribution in [0.1, 0.15) is 22.8 Å². The summed E-state index contributed by atoms with van der Waals surface area (Å²) in [5.74, 6) is 0.0670. The molecule has 0 aromatic heterocycles. The number of aryl methyl sites for hydroxylation is 1. The maximum Gasteiger partial charge on any atom is 0.272 e. The molecule has 0 bridgehead atoms. The topological polar surface area (TPSA) is 26.3 Å². The summed E-state index contributed by atoms with van der Waals surface area (Å²) in [6.07, 6.45) is -2.55. The van der Waals surface area contributed by atoms with E-state index in [0.717, 1.165) is 0 Å². The lowest BCUT2D eigenvalue weighted by molar-refractivity contribution is 0.0815. The maximum absolute atomic E-state index is 12.0. The van der Waals surface area contributed by atoms with E-state index in [1.165, 1.54) is 13.0 Å². The highest BCUT2D eigenvalue weighted by Crippen LogP contribution is 2.30. The van der Waals surface area contributed by atoms with Crippen molar-refractivity contribution >= 4 is 17.4 Å². The van der Waals surface area contributed by atoms with Crippen molar-refractivity contribution in [3.63, 3.8) is 0 Å². The van der Waals surface area contributed by atoms with Crippen LogP contribution >= 0.6 is 11.6 Å². The molecule has 0 saturated heterocycles. The van der Waals surface area contributed by atoms with Crippen LogP contribution in [0.4, 0.5) is 8.78 Å². The second-order valence-corrected chi connectivity index (χ2v) is 3.77. The normalized spacial score (nSPS) is 10.6. The van der Waals surface area contributed by atoms with E-state index in [0.29, 0.717) is 11.1 Å². The van der Waals surface area contributed by atoms with E-state index in [1.807, 2.05) is 0 Å². The van der Waals surface area contributed by atoms with Gasteiger partial charge in [0.15, 0.2) is 5.78 Å². The molecule has 0 heterocycles. The second kappa shape index (κ2) is 5.25. The van der Waals surface area contributed by atoms with Crippen LogP contribution in [-0.4, -0.2) is 18.8 Å². The lowest BCUT2D eigenvalue weighted by Gasteiger charge is -2.11. The predicted molar refractivity (Wildman–Crippen MR) is 57.7 cm³/mol. The molecule has 0 aliphatic carbocycles. The minimum absolute atomic E-state index is 0.134. The molecule has 0 saturated carbocycles. The highest BCUT2D eigenvalue weighted by atomic mass is 35.5. The third-order valence-corrected chi connectivity index (χ3v) is 2.27. The Bertz CT molecular complexity index is 382. The molecule has 0 atom stereocenters. The predicted octanol–water partition coefficient (Wildman–Crippen LogP) is 3.49. The molecule has 1 rings (SSSR count). The maximum atomic E-state index is 12.0. The Kier molecular flexibility index (Phi) is 4.24. The van der Waals surface area contributed by atoms with E-state index >= 15 is 0 Å². The van der Waals surface area contributed by atoms with Crippen LogP contribution in [0.2, 0.25) is 5.02 Å². The molecule has 0 amide bonds. The average Bonchev–Trinajstić information content (AvgIpc) is 2.15. The van der Waals surface area contributed by atoms with Gasteiger partial charge in [0.2, 0.25) is 0 Å². The van der Waals surface area contributed by atoms with Crippen molar-refractivity contribution in [2.24, 2.45) is 0 Å². The fourth-order valence-corrected chi connectivity index (χ4v) is 1.58. The highest BCUT2D eigenvalue weighted by molar-refractivity contribution is 6.32. The summed E-state index contributed by atoms with van der Waals surface area (Å²) in [6.45, 7) is 2.35. The van der Waals surface area contributed by atoms with Crippen molar-refractivity contribution in [1.29, 1.82) is 0 Å². The Balaban J connectivity index is 2.98. The third-order valence-electron chi connectivity index (χ3n) is 1.99. The number of ketones is 1. The second-order valence-electron chi connectivity index (χ2n) is 3.36. The van der Waals surface area contributed by atoms with Crippen LogP contribution in [0.25, 0.3) is 0 Å². The van der Waals surface area contributed by atoms with Crippen LogP contribution in [0.15, 0.2) is 12.1 Å². The number of Topliss-reactive ketones (excluding diaryl/α,β-unsaturated/α-hetero) is 1. The van der Waals surface area contributed by atoms with E-state index in [4.69, 9.17) is 16.3 Å². The first-order valence-electron chi connectivity index (χ1n) is 4.64. The first-order valence-corrected chi connectivity index (χ1v) is 5.01. The fourth-order valence-electron chi connectivity index (χ4n) is 1.26. The van der Waals surface area contributed by atoms with Crippen molar-refractivity contribution in [2.45, 2.75) is 20.3 Å². The lowest BCUT2D eigenvalue weighted by Crippen LogP contribution is -2.08. The van der Waals surface area contributed by atoms with Crippen molar-refractivity contribution in [3.05, 3.63) is 28.3 Å². The van der Waals surface area contributed by atoms with E-state index in [2.05, 4.69) is 0 Å². The first-order chi connectivity index (χ1) is 7.41. The molecular weight excluding hydrogens is 238 g/mol. The Morgan fingerprint density at radius 3 is 2.56 bits per heavy atom. The summed E-state index contributed by atoms with van der Waals surface area (Å²) in [4.78, 5) is 11.1. The molecular formula is C11H11ClF2O2. The summed E-state index contributed by atoms with van der Waals surface area (Å²) >= 11 is 5.84. The molecule has 0 aliphatic rings. The molecule has 88 valence electrons. The van der Waals surface area contributed by atoms with Gasteiger partial charge in [0.1, 0.15) is 12.4 Å². The number of halogens is 3. The SMILES string of the molecule is CC(=O)c1cc(C)c(OCC(F)F)c(Cl)c1. The number of rotatable bonds is 4. The zero-order chi connectivity index (χ0) is 12.3. The minimum atomic E-state index is -2.55. The highest BCUT2D eigenvalue weighted by Gasteiger charge is 2.12. The molecule has 5 heteroatoms. The van der Waals surface area contributed by atoms with Crippen LogP contribution < -0.4 is 4.74 Å². The van der Waals surface area contributed by atoms with Gasteiger partial charge in [-0.25, -0.2) is 8.78 Å². The van der Waals surface area contributed by atoms with E-state index in [9.17, 15) is 13.6 Å². The van der Waals surface area contributed by atoms with Gasteiger partial charge in [-0.1, -0.05) is 11.6 Å². The monoisotopic (exact) mass is 248 g/mol. The molecule has 0 N–H and O–H groups in total. The fraction of sp³-hybridized carbons (Fsp3) is 0.364. The number of carbonyl (C=O) groups is 1. The molecule has 0 fully saturated rings. The van der Waals surface area contributed by atoms with Crippen molar-refractivity contribution < 1.29 is 18.3 Å². The Hall–Kier alpha value is -1.16. The third kappa shape index (κ3) is 3.17. The molecule has 1 aromatic rings. The van der Waals surface area contributed by atoms with Crippen LogP contribution in [0.3, 0.4) is 0 Å². The van der Waals surface area contributed by atoms with Gasteiger partial charge < -0.3 is 4.74 Å². The van der Waals surface area contributed by atoms with Crippen molar-refractivity contribution in [2.75, 3.05) is 6.61 Å². The Morgan fingerprint density at radius 1 is 1.50 bits per heavy atom. The van der Waals surface area contributed by atoms with E-state index < -0.39 is 13.0 Å². The van der Waals surface area contributed by atoms with Gasteiger partial charge in [0.25, 0.3) is 6.43 Å². The lowest BCUT2D eigenvalue weighted by atomic mass is 10.1. The van der Waals surface area contributed by atoms with Gasteiger partial charge in [-0.05, 0) is 31.5 Å². The largest absolute Gasteiger partial charge is 0.486 e. The summed E-state index contributed by atoms with van der Waals surface area (Å²) in [5, 5.41) is 0.172. The molecule has 0 unspecified atom stereocenters. The number of carbonyl (C=O) groups excluding carboxylic acids is 1. The summed E-state index contributed by atoms with van der Waals surface area (Å²) in [5.41, 5.74) is 1.00. The summed E-state index contributed by atoms with van der Waals surface area (Å²) in [7, 11) is 0. The van der Waals surface area contributed by atoms with Gasteiger partial charge in [-0.15, -0.1) is 0 Å². The van der Waals surface area contributed by atoms with Gasteiger partial charge >= 0.3 is 0 Å². The van der Waals surface area contributed by atoms with E-state index in [-0.39, 0.29) is 16.6 Å². The van der Waals surface area contributed by atoms with E-state index in [1.54, 1.807) is 13.0 Å². The number of hydrogen-bond acceptors (Lipinski definition) is 2. The van der Waals surface area contributed by atoms with Crippen molar-refractivity contribution in [1.82, 2.24) is 0 Å². The molecule has 2 nitrogen and oxygen atoms in total. The summed E-state index contributed by atoms with van der Waals surface area (Å²) < 4.78 is 28.8. The smallest absolute Gasteiger partial charge is 0.272 e. The molecule has 0 radical (unpaired) electrons. The van der Waals surface area contributed by atoms with Crippen LogP contribution in [0, 0.1) is 6.92 Å². The van der Waals surface area contributed by atoms with Crippen LogP contribution in [0.5, 0.6) is 5.75 Å². The number of ether oxygens (including phenoxy) is 1. The first kappa shape index (κ1) is 12.9. The standard InChI is InChI=1S/C11H11ClF2O2/c1-6-3-8(7(2)15)4-9(12)11(6)16-5-10(13)14/h3-4,10H,5H2,1-2H3. The number of benzene rings is 1. The van der Waals surface area contributed by atoms with Gasteiger partial charge in [-0.2, -0.15) is 0 Å². The van der Waals surface area contributed by atoms with Crippen molar-refractivity contribution in [3.8, 4) is 5.75 Å². The number of hydrogen-bond donors (Lipinski definition) is 0. The van der Waals surface area contributed by atoms with Gasteiger partial charge in [0, 0.05) is 5.56 Å². The molecule has 0 spiro atoms. The average molecular weight is 249 g/mol. The Labute approximate surface area is 97.2 Å². The van der Waals surface area contributed by atoms with Crippen LogP contribution in [-0.2, 0) is 0 Å². The molecule has 0 aliphatic heterocycles. The Morgan fingerprint density at radius 2 is 2.12 bits per heavy atom. The zero-order valence-corrected chi connectivity index (χ0v) is 9.65. The summed E-state index contributed by atoms with van der Waals surface area (Å²) in [6, 6.07) is 2.98. The minimum Gasteiger partial charge on any atom is -0.486 e. The van der Waals surface area contributed by atoms with Gasteiger partial charge in [0.05, 0.1) is 5.02 Å². The van der Waals surface area contributed by atoms with Gasteiger partial charge in [-0.3, -0.25) is 4.79 Å². The number of alkyl halides is 2. The quantitative estimate of drug-likeness (QED) is 0.763. The molecule has 16 heavy (non-hydrogen) atoms. The molecule has 1 aromatic carbocycles.